The van der Waals surface area contributed by atoms with E-state index in [0.29, 0.717) is 13.1 Å². The van der Waals surface area contributed by atoms with Gasteiger partial charge in [-0.3, -0.25) is 4.79 Å². The maximum atomic E-state index is 12.8. The van der Waals surface area contributed by atoms with Gasteiger partial charge in [0.15, 0.2) is 0 Å². The molecule has 0 saturated carbocycles. The van der Waals surface area contributed by atoms with Crippen molar-refractivity contribution in [3.05, 3.63) is 28.8 Å². The van der Waals surface area contributed by atoms with E-state index in [0.717, 1.165) is 30.0 Å². The molecule has 0 N–H and O–H groups in total. The van der Waals surface area contributed by atoms with Gasteiger partial charge < -0.3 is 4.90 Å². The molecule has 0 atom stereocenters. The number of likely N-dealkylation sites (tertiary alicyclic amines) is 1. The summed E-state index contributed by atoms with van der Waals surface area (Å²) in [4.78, 5) is 14.6. The van der Waals surface area contributed by atoms with Crippen LogP contribution in [-0.4, -0.2) is 50.7 Å². The Kier molecular flexibility index (Phi) is 6.06. The minimum absolute atomic E-state index is 0.0855. The molecule has 0 aliphatic carbocycles. The highest BCUT2D eigenvalue weighted by Gasteiger charge is 2.23. The van der Waals surface area contributed by atoms with Crippen molar-refractivity contribution in [1.29, 1.82) is 0 Å². The molecule has 1 fully saturated rings. The Morgan fingerprint density at radius 2 is 1.65 bits per heavy atom. The van der Waals surface area contributed by atoms with Gasteiger partial charge in [-0.05, 0) is 31.0 Å². The fourth-order valence-corrected chi connectivity index (χ4v) is 3.79. The van der Waals surface area contributed by atoms with E-state index in [1.807, 2.05) is 0 Å². The molecule has 0 radical (unpaired) electrons. The van der Waals surface area contributed by atoms with Gasteiger partial charge in [-0.2, -0.15) is 0 Å². The van der Waals surface area contributed by atoms with E-state index in [9.17, 15) is 13.2 Å². The highest BCUT2D eigenvalue weighted by Crippen LogP contribution is 2.24. The van der Waals surface area contributed by atoms with Gasteiger partial charge in [0, 0.05) is 27.2 Å². The van der Waals surface area contributed by atoms with Crippen LogP contribution in [0.5, 0.6) is 0 Å². The summed E-state index contributed by atoms with van der Waals surface area (Å²) in [6, 6.07) is 4.30. The van der Waals surface area contributed by atoms with Crippen molar-refractivity contribution in [1.82, 2.24) is 9.21 Å². The topological polar surface area (TPSA) is 57.7 Å². The molecule has 0 unspecified atom stereocenters. The van der Waals surface area contributed by atoms with Crippen molar-refractivity contribution in [2.24, 2.45) is 0 Å². The lowest BCUT2D eigenvalue weighted by Crippen LogP contribution is -2.34. The van der Waals surface area contributed by atoms with E-state index in [4.69, 9.17) is 11.6 Å². The van der Waals surface area contributed by atoms with Crippen molar-refractivity contribution in [3.8, 4) is 0 Å². The van der Waals surface area contributed by atoms with Crippen LogP contribution in [0.4, 0.5) is 0 Å². The van der Waals surface area contributed by atoms with Gasteiger partial charge >= 0.3 is 0 Å². The number of hydrogen-bond donors (Lipinski definition) is 0. The Balaban J connectivity index is 2.32. The molecule has 1 aliphatic heterocycles. The molecule has 1 aliphatic rings. The Hall–Kier alpha value is -1.11. The second-order valence-electron chi connectivity index (χ2n) is 5.99. The molecule has 1 amide bonds. The number of amides is 1. The fraction of sp³-hybridized carbons (Fsp3) is 0.562. The van der Waals surface area contributed by atoms with Crippen molar-refractivity contribution in [2.75, 3.05) is 27.2 Å². The predicted molar refractivity (Wildman–Crippen MR) is 91.3 cm³/mol. The van der Waals surface area contributed by atoms with Crippen LogP contribution in [0.2, 0.25) is 5.02 Å². The molecule has 0 aromatic heterocycles. The average Bonchev–Trinajstić information content (AvgIpc) is 2.46. The molecule has 1 aromatic carbocycles. The first kappa shape index (κ1) is 18.2. The average molecular weight is 359 g/mol. The molecule has 0 spiro atoms. The minimum Gasteiger partial charge on any atom is -0.339 e. The van der Waals surface area contributed by atoms with Crippen LogP contribution in [-0.2, 0) is 10.0 Å². The summed E-state index contributed by atoms with van der Waals surface area (Å²) in [5.74, 6) is -0.187. The molecule has 1 aromatic rings. The lowest BCUT2D eigenvalue weighted by Gasteiger charge is -2.25. The number of rotatable bonds is 3. The Labute approximate surface area is 143 Å². The van der Waals surface area contributed by atoms with E-state index in [1.54, 1.807) is 4.90 Å². The molecule has 7 heteroatoms. The predicted octanol–water partition coefficient (Wildman–Crippen LogP) is 3.00. The summed E-state index contributed by atoms with van der Waals surface area (Å²) in [7, 11) is -0.665. The molecule has 1 saturated heterocycles. The molecule has 5 nitrogen and oxygen atoms in total. The van der Waals surface area contributed by atoms with E-state index >= 15 is 0 Å². The van der Waals surface area contributed by atoms with Crippen molar-refractivity contribution < 1.29 is 13.2 Å². The second-order valence-corrected chi connectivity index (χ2v) is 8.55. The van der Waals surface area contributed by atoms with E-state index < -0.39 is 10.0 Å². The number of benzene rings is 1. The van der Waals surface area contributed by atoms with Crippen molar-refractivity contribution in [2.45, 2.75) is 37.0 Å². The zero-order chi connectivity index (χ0) is 17.0. The van der Waals surface area contributed by atoms with Gasteiger partial charge in [-0.1, -0.05) is 30.9 Å². The maximum absolute atomic E-state index is 12.8. The van der Waals surface area contributed by atoms with Gasteiger partial charge in [0.1, 0.15) is 0 Å². The first-order chi connectivity index (χ1) is 10.8. The molecule has 23 heavy (non-hydrogen) atoms. The summed E-state index contributed by atoms with van der Waals surface area (Å²) < 4.78 is 25.6. The zero-order valence-electron chi connectivity index (χ0n) is 13.6. The van der Waals surface area contributed by atoms with Crippen LogP contribution in [0.1, 0.15) is 42.5 Å². The monoisotopic (exact) mass is 358 g/mol. The fourth-order valence-electron chi connectivity index (χ4n) is 2.66. The number of carbonyl (C=O) groups excluding carboxylic acids is 1. The van der Waals surface area contributed by atoms with Crippen LogP contribution in [0, 0.1) is 0 Å². The minimum atomic E-state index is -3.59. The van der Waals surface area contributed by atoms with Crippen molar-refractivity contribution in [3.63, 3.8) is 0 Å². The van der Waals surface area contributed by atoms with E-state index in [-0.39, 0.29) is 21.4 Å². The molecule has 128 valence electrons. The first-order valence-corrected chi connectivity index (χ1v) is 9.67. The summed E-state index contributed by atoms with van der Waals surface area (Å²) in [6.07, 6.45) is 5.39. The third kappa shape index (κ3) is 4.25. The number of hydrogen-bond acceptors (Lipinski definition) is 3. The third-order valence-electron chi connectivity index (χ3n) is 4.09. The highest BCUT2D eigenvalue weighted by atomic mass is 35.5. The second kappa shape index (κ2) is 7.64. The first-order valence-electron chi connectivity index (χ1n) is 7.85. The van der Waals surface area contributed by atoms with E-state index in [2.05, 4.69) is 0 Å². The van der Waals surface area contributed by atoms with E-state index in [1.165, 1.54) is 38.7 Å². The quantitative estimate of drug-likeness (QED) is 0.834. The summed E-state index contributed by atoms with van der Waals surface area (Å²) in [6.45, 7) is 1.39. The van der Waals surface area contributed by atoms with Crippen molar-refractivity contribution >= 4 is 27.5 Å². The van der Waals surface area contributed by atoms with Gasteiger partial charge in [-0.25, -0.2) is 12.7 Å². The van der Waals surface area contributed by atoms with Gasteiger partial charge in [0.2, 0.25) is 10.0 Å². The lowest BCUT2D eigenvalue weighted by molar-refractivity contribution is 0.0742. The number of nitrogens with zero attached hydrogens (tertiary/aromatic N) is 2. The van der Waals surface area contributed by atoms with Crippen LogP contribution in [0.15, 0.2) is 23.1 Å². The molecular formula is C16H23ClN2O3S. The smallest absolute Gasteiger partial charge is 0.255 e. The van der Waals surface area contributed by atoms with Crippen LogP contribution >= 0.6 is 11.6 Å². The maximum Gasteiger partial charge on any atom is 0.255 e. The molecule has 2 rings (SSSR count). The highest BCUT2D eigenvalue weighted by molar-refractivity contribution is 7.89. The Bertz CT molecular complexity index is 666. The van der Waals surface area contributed by atoms with Crippen LogP contribution in [0.25, 0.3) is 0 Å². The number of sulfonamides is 1. The number of carbonyl (C=O) groups is 1. The summed E-state index contributed by atoms with van der Waals surface area (Å²) >= 11 is 6.16. The zero-order valence-corrected chi connectivity index (χ0v) is 15.2. The normalized spacial score (nSPS) is 17.0. The van der Waals surface area contributed by atoms with Crippen LogP contribution < -0.4 is 0 Å². The summed E-state index contributed by atoms with van der Waals surface area (Å²) in [5, 5.41) is 0.287. The molecule has 1 heterocycles. The lowest BCUT2D eigenvalue weighted by atomic mass is 10.1. The standard InChI is InChI=1S/C16H23ClN2O3S/c1-18(2)23(21,22)13-8-9-15(17)14(12-13)16(20)19-10-6-4-3-5-7-11-19/h8-9,12H,3-7,10-11H2,1-2H3. The van der Waals surface area contributed by atoms with Gasteiger partial charge in [0.05, 0.1) is 15.5 Å². The molecular weight excluding hydrogens is 336 g/mol. The van der Waals surface area contributed by atoms with Crippen LogP contribution in [0.3, 0.4) is 0 Å². The Morgan fingerprint density at radius 1 is 1.09 bits per heavy atom. The molecule has 0 bridgehead atoms. The van der Waals surface area contributed by atoms with Gasteiger partial charge in [0.25, 0.3) is 5.91 Å². The number of halogens is 1. The largest absolute Gasteiger partial charge is 0.339 e. The van der Waals surface area contributed by atoms with Gasteiger partial charge in [-0.15, -0.1) is 0 Å². The Morgan fingerprint density at radius 3 is 2.22 bits per heavy atom. The summed E-state index contributed by atoms with van der Waals surface area (Å²) in [5.41, 5.74) is 0.259. The third-order valence-corrected chi connectivity index (χ3v) is 6.23. The SMILES string of the molecule is CN(C)S(=O)(=O)c1ccc(Cl)c(C(=O)N2CCCCCCC2)c1.